The summed E-state index contributed by atoms with van der Waals surface area (Å²) in [7, 11) is 0. The van der Waals surface area contributed by atoms with E-state index in [0.29, 0.717) is 5.56 Å². The molecule has 0 heterocycles. The molecule has 0 unspecified atom stereocenters. The molecule has 0 aromatic heterocycles. The average Bonchev–Trinajstić information content (AvgIpc) is 2.48. The molecule has 0 radical (unpaired) electrons. The van der Waals surface area contributed by atoms with Crippen molar-refractivity contribution in [3.05, 3.63) is 69.5 Å². The summed E-state index contributed by atoms with van der Waals surface area (Å²) in [6.45, 7) is 1.30. The summed E-state index contributed by atoms with van der Waals surface area (Å²) in [6.07, 6.45) is 0. The summed E-state index contributed by atoms with van der Waals surface area (Å²) in [5, 5.41) is 10.6. The first-order chi connectivity index (χ1) is 9.97. The molecular formula is C15H12FNO4. The van der Waals surface area contributed by atoms with E-state index in [2.05, 4.69) is 0 Å². The van der Waals surface area contributed by atoms with Crippen molar-refractivity contribution in [2.75, 3.05) is 6.61 Å². The van der Waals surface area contributed by atoms with Crippen molar-refractivity contribution >= 4 is 11.5 Å². The van der Waals surface area contributed by atoms with Crippen LogP contribution in [-0.4, -0.2) is 17.3 Å². The SMILES string of the molecule is Cc1ccc(OCC(=O)c2cccc([N+](=O)[O-])c2)cc1F. The number of ether oxygens (including phenoxy) is 1. The number of hydrogen-bond acceptors (Lipinski definition) is 4. The van der Waals surface area contributed by atoms with Crippen LogP contribution >= 0.6 is 0 Å². The van der Waals surface area contributed by atoms with Gasteiger partial charge in [0.15, 0.2) is 12.4 Å². The third-order valence-electron chi connectivity index (χ3n) is 2.89. The van der Waals surface area contributed by atoms with Crippen molar-refractivity contribution in [3.63, 3.8) is 0 Å². The summed E-state index contributed by atoms with van der Waals surface area (Å²) in [6, 6.07) is 9.66. The number of carbonyl (C=O) groups is 1. The van der Waals surface area contributed by atoms with Gasteiger partial charge in [-0.3, -0.25) is 14.9 Å². The van der Waals surface area contributed by atoms with E-state index in [0.717, 1.165) is 0 Å². The van der Waals surface area contributed by atoms with Crippen molar-refractivity contribution in [3.8, 4) is 5.75 Å². The maximum Gasteiger partial charge on any atom is 0.270 e. The third-order valence-corrected chi connectivity index (χ3v) is 2.89. The summed E-state index contributed by atoms with van der Waals surface area (Å²) in [5.74, 6) is -0.605. The predicted molar refractivity (Wildman–Crippen MR) is 74.1 cm³/mol. The van der Waals surface area contributed by atoms with Gasteiger partial charge in [0.1, 0.15) is 11.6 Å². The van der Waals surface area contributed by atoms with E-state index in [1.54, 1.807) is 19.1 Å². The molecule has 0 N–H and O–H groups in total. The van der Waals surface area contributed by atoms with Crippen molar-refractivity contribution in [2.24, 2.45) is 0 Å². The molecule has 0 aliphatic carbocycles. The van der Waals surface area contributed by atoms with Crippen molar-refractivity contribution in [1.29, 1.82) is 0 Å². The van der Waals surface area contributed by atoms with Gasteiger partial charge < -0.3 is 4.74 Å². The number of nitro benzene ring substituents is 1. The Hall–Kier alpha value is -2.76. The topological polar surface area (TPSA) is 69.4 Å². The van der Waals surface area contributed by atoms with Gasteiger partial charge in [0.2, 0.25) is 0 Å². The number of benzene rings is 2. The summed E-state index contributed by atoms with van der Waals surface area (Å²) in [5.41, 5.74) is 0.492. The second-order valence-electron chi connectivity index (χ2n) is 4.43. The highest BCUT2D eigenvalue weighted by molar-refractivity contribution is 5.97. The lowest BCUT2D eigenvalue weighted by atomic mass is 10.1. The molecule has 0 saturated carbocycles. The van der Waals surface area contributed by atoms with Gasteiger partial charge in [-0.2, -0.15) is 0 Å². The highest BCUT2D eigenvalue weighted by Crippen LogP contribution is 2.17. The van der Waals surface area contributed by atoms with Crippen molar-refractivity contribution in [2.45, 2.75) is 6.92 Å². The minimum atomic E-state index is -0.576. The van der Waals surface area contributed by atoms with Crippen LogP contribution in [0.3, 0.4) is 0 Å². The Bertz CT molecular complexity index is 700. The van der Waals surface area contributed by atoms with E-state index in [4.69, 9.17) is 4.74 Å². The van der Waals surface area contributed by atoms with Crippen molar-refractivity contribution < 1.29 is 18.8 Å². The number of carbonyl (C=O) groups excluding carboxylic acids is 1. The van der Waals surface area contributed by atoms with Gasteiger partial charge in [-0.1, -0.05) is 18.2 Å². The molecule has 0 aliphatic heterocycles. The molecule has 0 fully saturated rings. The highest BCUT2D eigenvalue weighted by Gasteiger charge is 2.12. The Labute approximate surface area is 120 Å². The normalized spacial score (nSPS) is 10.2. The first-order valence-corrected chi connectivity index (χ1v) is 6.14. The molecule has 0 aliphatic rings. The zero-order valence-corrected chi connectivity index (χ0v) is 11.2. The van der Waals surface area contributed by atoms with E-state index in [-0.39, 0.29) is 23.6 Å². The van der Waals surface area contributed by atoms with Crippen LogP contribution in [0.25, 0.3) is 0 Å². The molecule has 21 heavy (non-hydrogen) atoms. The van der Waals surface area contributed by atoms with Crippen LogP contribution in [0.15, 0.2) is 42.5 Å². The minimum Gasteiger partial charge on any atom is -0.485 e. The number of nitrogens with zero attached hydrogens (tertiary/aromatic N) is 1. The van der Waals surface area contributed by atoms with Gasteiger partial charge in [-0.05, 0) is 18.6 Å². The van der Waals surface area contributed by atoms with E-state index < -0.39 is 16.5 Å². The number of rotatable bonds is 5. The smallest absolute Gasteiger partial charge is 0.270 e. The first kappa shape index (κ1) is 14.6. The zero-order valence-electron chi connectivity index (χ0n) is 11.2. The quantitative estimate of drug-likeness (QED) is 0.481. The second-order valence-corrected chi connectivity index (χ2v) is 4.43. The van der Waals surface area contributed by atoms with Crippen LogP contribution in [-0.2, 0) is 0 Å². The standard InChI is InChI=1S/C15H12FNO4/c1-10-5-6-13(8-14(10)16)21-9-15(18)11-3-2-4-12(7-11)17(19)20/h2-8H,9H2,1H3. The fourth-order valence-electron chi connectivity index (χ4n) is 1.69. The average molecular weight is 289 g/mol. The number of nitro groups is 1. The van der Waals surface area contributed by atoms with Gasteiger partial charge >= 0.3 is 0 Å². The molecule has 2 rings (SSSR count). The lowest BCUT2D eigenvalue weighted by molar-refractivity contribution is -0.384. The van der Waals surface area contributed by atoms with Gasteiger partial charge in [-0.15, -0.1) is 0 Å². The summed E-state index contributed by atoms with van der Waals surface area (Å²) >= 11 is 0. The van der Waals surface area contributed by atoms with E-state index >= 15 is 0 Å². The monoisotopic (exact) mass is 289 g/mol. The Morgan fingerprint density at radius 2 is 2.05 bits per heavy atom. The molecule has 0 bridgehead atoms. The van der Waals surface area contributed by atoms with Crippen LogP contribution in [0.1, 0.15) is 15.9 Å². The number of Topliss-reactive ketones (excluding diaryl/α,β-unsaturated/α-hetero) is 1. The van der Waals surface area contributed by atoms with E-state index in [1.165, 1.54) is 30.3 Å². The van der Waals surface area contributed by atoms with Gasteiger partial charge in [0.25, 0.3) is 5.69 Å². The van der Waals surface area contributed by atoms with Crippen LogP contribution in [0, 0.1) is 22.9 Å². The predicted octanol–water partition coefficient (Wildman–Crippen LogP) is 3.30. The summed E-state index contributed by atoms with van der Waals surface area (Å²) < 4.78 is 18.5. The maximum atomic E-state index is 13.3. The second kappa shape index (κ2) is 6.13. The molecule has 0 spiro atoms. The van der Waals surface area contributed by atoms with E-state index in [1.807, 2.05) is 0 Å². The maximum absolute atomic E-state index is 13.3. The lowest BCUT2D eigenvalue weighted by Gasteiger charge is -2.06. The fourth-order valence-corrected chi connectivity index (χ4v) is 1.69. The largest absolute Gasteiger partial charge is 0.485 e. The van der Waals surface area contributed by atoms with Gasteiger partial charge in [0, 0.05) is 23.8 Å². The molecule has 6 heteroatoms. The van der Waals surface area contributed by atoms with Crippen LogP contribution < -0.4 is 4.74 Å². The van der Waals surface area contributed by atoms with E-state index in [9.17, 15) is 19.3 Å². The molecule has 2 aromatic rings. The molecule has 2 aromatic carbocycles. The number of halogens is 1. The van der Waals surface area contributed by atoms with Crippen LogP contribution in [0.2, 0.25) is 0 Å². The fraction of sp³-hybridized carbons (Fsp3) is 0.133. The summed E-state index contributed by atoms with van der Waals surface area (Å²) in [4.78, 5) is 22.0. The number of aryl methyl sites for hydroxylation is 1. The Morgan fingerprint density at radius 3 is 2.71 bits per heavy atom. The molecule has 0 atom stereocenters. The number of ketones is 1. The number of non-ortho nitro benzene ring substituents is 1. The Balaban J connectivity index is 2.06. The molecule has 5 nitrogen and oxygen atoms in total. The van der Waals surface area contributed by atoms with Gasteiger partial charge in [-0.25, -0.2) is 4.39 Å². The molecule has 108 valence electrons. The van der Waals surface area contributed by atoms with Gasteiger partial charge in [0.05, 0.1) is 4.92 Å². The number of hydrogen-bond donors (Lipinski definition) is 0. The Kier molecular flexibility index (Phi) is 4.27. The molecular weight excluding hydrogens is 277 g/mol. The first-order valence-electron chi connectivity index (χ1n) is 6.14. The minimum absolute atomic E-state index is 0.165. The molecule has 0 amide bonds. The van der Waals surface area contributed by atoms with Crippen LogP contribution in [0.5, 0.6) is 5.75 Å². The molecule has 0 saturated heterocycles. The lowest BCUT2D eigenvalue weighted by Crippen LogP contribution is -2.12. The zero-order chi connectivity index (χ0) is 15.4. The third kappa shape index (κ3) is 3.62. The van der Waals surface area contributed by atoms with Crippen LogP contribution in [0.4, 0.5) is 10.1 Å². The highest BCUT2D eigenvalue weighted by atomic mass is 19.1. The Morgan fingerprint density at radius 1 is 1.29 bits per heavy atom. The van der Waals surface area contributed by atoms with Crippen molar-refractivity contribution in [1.82, 2.24) is 0 Å².